The van der Waals surface area contributed by atoms with E-state index in [2.05, 4.69) is 15.3 Å². The Labute approximate surface area is 183 Å². The molecule has 0 bridgehead atoms. The van der Waals surface area contributed by atoms with Crippen LogP contribution < -0.4 is 9.04 Å². The summed E-state index contributed by atoms with van der Waals surface area (Å²) < 4.78 is 38.9. The van der Waals surface area contributed by atoms with Crippen LogP contribution in [-0.2, 0) is 16.4 Å². The average Bonchev–Trinajstić information content (AvgIpc) is 3.29. The molecule has 1 aliphatic heterocycles. The van der Waals surface area contributed by atoms with Crippen LogP contribution >= 0.6 is 11.8 Å². The van der Waals surface area contributed by atoms with Crippen molar-refractivity contribution < 1.29 is 17.8 Å². The molecule has 3 heterocycles. The summed E-state index contributed by atoms with van der Waals surface area (Å²) in [6.45, 7) is 0.358. The number of para-hydroxylation sites is 1. The summed E-state index contributed by atoms with van der Waals surface area (Å²) in [5.74, 6) is 1.18. The van der Waals surface area contributed by atoms with Crippen molar-refractivity contribution in [2.45, 2.75) is 27.5 Å². The Morgan fingerprint density at radius 3 is 2.74 bits per heavy atom. The maximum atomic E-state index is 13.6. The largest absolute Gasteiger partial charge is 0.496 e. The fourth-order valence-corrected chi connectivity index (χ4v) is 6.27. The molecule has 0 N–H and O–H groups in total. The summed E-state index contributed by atoms with van der Waals surface area (Å²) in [4.78, 5) is 5.96. The smallest absolute Gasteiger partial charge is 0.267 e. The third-order valence-corrected chi connectivity index (χ3v) is 8.04. The van der Waals surface area contributed by atoms with Crippen LogP contribution in [0.15, 0.2) is 74.0 Å². The van der Waals surface area contributed by atoms with Gasteiger partial charge in [0.15, 0.2) is 11.0 Å². The highest BCUT2D eigenvalue weighted by Gasteiger charge is 2.33. The van der Waals surface area contributed by atoms with Crippen LogP contribution in [0.4, 0.5) is 5.82 Å². The number of nitrogens with zero attached hydrogens (tertiary/aromatic N) is 4. The molecular weight excluding hydrogens is 436 g/mol. The standard InChI is InChI=1S/C21H18N4O4S2/c1-28-15-8-2-3-9-16(15)30-17-10-11-18(20-19(17)23-29-24-20)31(26,27)25-13-5-7-14-6-4-12-22-21(14)25/h2-4,6,8-12H,5,7,13H2,1H3. The van der Waals surface area contributed by atoms with E-state index < -0.39 is 10.0 Å². The predicted octanol–water partition coefficient (Wildman–Crippen LogP) is 3.92. The number of methoxy groups -OCH3 is 1. The van der Waals surface area contributed by atoms with Crippen LogP contribution in [0.5, 0.6) is 5.75 Å². The molecule has 0 aliphatic carbocycles. The minimum absolute atomic E-state index is 0.0478. The Bertz CT molecular complexity index is 1370. The van der Waals surface area contributed by atoms with Gasteiger partial charge in [-0.3, -0.25) is 0 Å². The van der Waals surface area contributed by atoms with E-state index in [9.17, 15) is 8.42 Å². The molecule has 0 amide bonds. The van der Waals surface area contributed by atoms with Crippen molar-refractivity contribution in [3.8, 4) is 5.75 Å². The SMILES string of the molecule is COc1ccccc1Sc1ccc(S(=O)(=O)N2CCCc3cccnc32)c2nonc12. The van der Waals surface area contributed by atoms with E-state index in [1.165, 1.54) is 16.1 Å². The number of aryl methyl sites for hydroxylation is 1. The topological polar surface area (TPSA) is 98.4 Å². The average molecular weight is 455 g/mol. The van der Waals surface area contributed by atoms with Gasteiger partial charge in [-0.05, 0) is 59.1 Å². The lowest BCUT2D eigenvalue weighted by molar-refractivity contribution is 0.314. The molecule has 8 nitrogen and oxygen atoms in total. The zero-order valence-corrected chi connectivity index (χ0v) is 18.2. The maximum Gasteiger partial charge on any atom is 0.267 e. The Hall–Kier alpha value is -3.11. The van der Waals surface area contributed by atoms with E-state index in [1.54, 1.807) is 25.4 Å². The van der Waals surface area contributed by atoms with Crippen LogP contribution in [0.3, 0.4) is 0 Å². The summed E-state index contributed by atoms with van der Waals surface area (Å²) in [5.41, 5.74) is 1.49. The Morgan fingerprint density at radius 1 is 1.03 bits per heavy atom. The molecule has 0 fully saturated rings. The summed E-state index contributed by atoms with van der Waals surface area (Å²) in [7, 11) is -2.30. The first-order chi connectivity index (χ1) is 15.1. The second kappa shape index (κ2) is 7.86. The molecule has 5 rings (SSSR count). The molecule has 2 aromatic carbocycles. The van der Waals surface area contributed by atoms with Crippen molar-refractivity contribution in [1.29, 1.82) is 0 Å². The molecular formula is C21H18N4O4S2. The van der Waals surface area contributed by atoms with Crippen molar-refractivity contribution >= 4 is 38.6 Å². The molecule has 158 valence electrons. The van der Waals surface area contributed by atoms with E-state index in [4.69, 9.17) is 9.37 Å². The molecule has 0 radical (unpaired) electrons. The summed E-state index contributed by atoms with van der Waals surface area (Å²) >= 11 is 1.41. The zero-order valence-electron chi connectivity index (χ0n) is 16.6. The van der Waals surface area contributed by atoms with Gasteiger partial charge in [0.1, 0.15) is 16.5 Å². The quantitative estimate of drug-likeness (QED) is 0.447. The molecule has 1 aliphatic rings. The van der Waals surface area contributed by atoms with Gasteiger partial charge < -0.3 is 4.74 Å². The fraction of sp³-hybridized carbons (Fsp3) is 0.190. The van der Waals surface area contributed by atoms with E-state index >= 15 is 0 Å². The number of hydrogen-bond donors (Lipinski definition) is 0. The van der Waals surface area contributed by atoms with E-state index in [1.807, 2.05) is 36.4 Å². The molecule has 0 saturated heterocycles. The highest BCUT2D eigenvalue weighted by molar-refractivity contribution is 7.99. The Balaban J connectivity index is 1.58. The number of fused-ring (bicyclic) bond motifs is 2. The zero-order chi connectivity index (χ0) is 21.4. The van der Waals surface area contributed by atoms with Crippen molar-refractivity contribution in [2.75, 3.05) is 18.0 Å². The highest BCUT2D eigenvalue weighted by Crippen LogP contribution is 2.40. The van der Waals surface area contributed by atoms with Gasteiger partial charge in [0.2, 0.25) is 0 Å². The first-order valence-electron chi connectivity index (χ1n) is 9.62. The number of rotatable bonds is 5. The van der Waals surface area contributed by atoms with Gasteiger partial charge in [-0.15, -0.1) is 0 Å². The summed E-state index contributed by atoms with van der Waals surface area (Å²) in [6, 6.07) is 14.6. The van der Waals surface area contributed by atoms with Gasteiger partial charge >= 0.3 is 0 Å². The van der Waals surface area contributed by atoms with Gasteiger partial charge in [0.05, 0.1) is 12.0 Å². The lowest BCUT2D eigenvalue weighted by Crippen LogP contribution is -2.36. The number of hydrogen-bond acceptors (Lipinski definition) is 8. The third-order valence-electron chi connectivity index (χ3n) is 5.11. The van der Waals surface area contributed by atoms with Crippen LogP contribution in [-0.4, -0.2) is 37.4 Å². The third kappa shape index (κ3) is 3.41. The van der Waals surface area contributed by atoms with Crippen molar-refractivity contribution in [2.24, 2.45) is 0 Å². The van der Waals surface area contributed by atoms with Crippen molar-refractivity contribution in [3.05, 3.63) is 60.3 Å². The van der Waals surface area contributed by atoms with Gasteiger partial charge in [-0.25, -0.2) is 22.3 Å². The summed E-state index contributed by atoms with van der Waals surface area (Å²) in [6.07, 6.45) is 3.12. The molecule has 2 aromatic heterocycles. The first-order valence-corrected chi connectivity index (χ1v) is 11.9. The second-order valence-corrected chi connectivity index (χ2v) is 9.86. The predicted molar refractivity (Wildman–Crippen MR) is 116 cm³/mol. The Morgan fingerprint density at radius 2 is 1.87 bits per heavy atom. The molecule has 0 unspecified atom stereocenters. The molecule has 10 heteroatoms. The van der Waals surface area contributed by atoms with Gasteiger partial charge in [-0.1, -0.05) is 30.0 Å². The van der Waals surface area contributed by atoms with Gasteiger partial charge in [0, 0.05) is 17.6 Å². The number of ether oxygens (including phenoxy) is 1. The minimum Gasteiger partial charge on any atom is -0.496 e. The van der Waals surface area contributed by atoms with Crippen LogP contribution in [0, 0.1) is 0 Å². The first kappa shape index (κ1) is 19.8. The molecule has 31 heavy (non-hydrogen) atoms. The number of benzene rings is 2. The fourth-order valence-electron chi connectivity index (χ4n) is 3.65. The molecule has 0 saturated carbocycles. The number of pyridine rings is 1. The maximum absolute atomic E-state index is 13.6. The van der Waals surface area contributed by atoms with Gasteiger partial charge in [0.25, 0.3) is 10.0 Å². The summed E-state index contributed by atoms with van der Waals surface area (Å²) in [5, 5.41) is 7.91. The lowest BCUT2D eigenvalue weighted by atomic mass is 10.1. The highest BCUT2D eigenvalue weighted by atomic mass is 32.2. The molecule has 0 atom stereocenters. The number of anilines is 1. The van der Waals surface area contributed by atoms with E-state index in [0.29, 0.717) is 23.6 Å². The van der Waals surface area contributed by atoms with Crippen molar-refractivity contribution in [3.63, 3.8) is 0 Å². The lowest BCUT2D eigenvalue weighted by Gasteiger charge is -2.29. The monoisotopic (exact) mass is 454 g/mol. The molecule has 0 spiro atoms. The van der Waals surface area contributed by atoms with Gasteiger partial charge in [-0.2, -0.15) is 0 Å². The van der Waals surface area contributed by atoms with E-state index in [0.717, 1.165) is 28.2 Å². The normalized spacial score (nSPS) is 13.9. The Kier molecular flexibility index (Phi) is 5.03. The second-order valence-electron chi connectivity index (χ2n) is 6.94. The van der Waals surface area contributed by atoms with Crippen LogP contribution in [0.25, 0.3) is 11.0 Å². The van der Waals surface area contributed by atoms with Crippen molar-refractivity contribution in [1.82, 2.24) is 15.3 Å². The van der Waals surface area contributed by atoms with E-state index in [-0.39, 0.29) is 10.4 Å². The minimum atomic E-state index is -3.90. The number of sulfonamides is 1. The van der Waals surface area contributed by atoms with Crippen LogP contribution in [0.1, 0.15) is 12.0 Å². The number of aromatic nitrogens is 3. The van der Waals surface area contributed by atoms with Crippen LogP contribution in [0.2, 0.25) is 0 Å². The molecule has 4 aromatic rings.